The predicted octanol–water partition coefficient (Wildman–Crippen LogP) is 2.78. The SMILES string of the molecule is CCOc1ccccc1N1C[C@@H](C(=O)Nc2ncccc2C)CC1=O. The number of carbonyl (C=O) groups excluding carboxylic acids is 2. The number of nitrogens with zero attached hydrogens (tertiary/aromatic N) is 2. The maximum Gasteiger partial charge on any atom is 0.230 e. The van der Waals surface area contributed by atoms with Gasteiger partial charge in [0.05, 0.1) is 18.2 Å². The molecule has 1 aromatic heterocycles. The molecule has 2 heterocycles. The van der Waals surface area contributed by atoms with Crippen molar-refractivity contribution in [2.45, 2.75) is 20.3 Å². The van der Waals surface area contributed by atoms with E-state index in [9.17, 15) is 9.59 Å². The Kier molecular flexibility index (Phi) is 4.97. The lowest BCUT2D eigenvalue weighted by molar-refractivity contribution is -0.122. The number of hydrogen-bond donors (Lipinski definition) is 1. The molecule has 0 unspecified atom stereocenters. The molecule has 25 heavy (non-hydrogen) atoms. The molecule has 1 aromatic carbocycles. The number of aromatic nitrogens is 1. The molecule has 130 valence electrons. The lowest BCUT2D eigenvalue weighted by Crippen LogP contribution is -2.28. The highest BCUT2D eigenvalue weighted by Gasteiger charge is 2.36. The van der Waals surface area contributed by atoms with Crippen LogP contribution in [0.5, 0.6) is 5.75 Å². The quantitative estimate of drug-likeness (QED) is 0.909. The molecule has 0 aliphatic carbocycles. The van der Waals surface area contributed by atoms with Crippen LogP contribution in [0, 0.1) is 12.8 Å². The van der Waals surface area contributed by atoms with Gasteiger partial charge in [-0.15, -0.1) is 0 Å². The average Bonchev–Trinajstić information content (AvgIpc) is 2.99. The Morgan fingerprint density at radius 3 is 2.88 bits per heavy atom. The molecule has 6 nitrogen and oxygen atoms in total. The van der Waals surface area contributed by atoms with Crippen molar-refractivity contribution < 1.29 is 14.3 Å². The second kappa shape index (κ2) is 7.34. The molecular formula is C19H21N3O3. The van der Waals surface area contributed by atoms with Crippen molar-refractivity contribution in [3.63, 3.8) is 0 Å². The second-order valence-corrected chi connectivity index (χ2v) is 5.96. The van der Waals surface area contributed by atoms with Gasteiger partial charge in [-0.2, -0.15) is 0 Å². The molecule has 2 amide bonds. The fraction of sp³-hybridized carbons (Fsp3) is 0.316. The summed E-state index contributed by atoms with van der Waals surface area (Å²) in [4.78, 5) is 30.8. The number of para-hydroxylation sites is 2. The molecule has 0 radical (unpaired) electrons. The predicted molar refractivity (Wildman–Crippen MR) is 95.7 cm³/mol. The van der Waals surface area contributed by atoms with E-state index < -0.39 is 5.92 Å². The summed E-state index contributed by atoms with van der Waals surface area (Å²) in [5.74, 6) is 0.508. The van der Waals surface area contributed by atoms with Crippen molar-refractivity contribution in [2.24, 2.45) is 5.92 Å². The molecule has 1 fully saturated rings. The molecule has 1 atom stereocenters. The summed E-state index contributed by atoms with van der Waals surface area (Å²) >= 11 is 0. The van der Waals surface area contributed by atoms with Crippen LogP contribution in [0.3, 0.4) is 0 Å². The number of pyridine rings is 1. The standard InChI is InChI=1S/C19H21N3O3/c1-3-25-16-9-5-4-8-15(16)22-12-14(11-17(22)23)19(24)21-18-13(2)7-6-10-20-18/h4-10,14H,3,11-12H2,1-2H3,(H,20,21,24)/t14-/m0/s1. The molecule has 3 rings (SSSR count). The first-order valence-electron chi connectivity index (χ1n) is 8.34. The van der Waals surface area contributed by atoms with Crippen LogP contribution in [0.25, 0.3) is 0 Å². The van der Waals surface area contributed by atoms with Gasteiger partial charge in [0.1, 0.15) is 11.6 Å². The molecule has 0 bridgehead atoms. The van der Waals surface area contributed by atoms with Crippen LogP contribution in [0.1, 0.15) is 18.9 Å². The molecule has 1 N–H and O–H groups in total. The van der Waals surface area contributed by atoms with E-state index in [-0.39, 0.29) is 18.2 Å². The number of ether oxygens (including phenoxy) is 1. The maximum atomic E-state index is 12.5. The first-order chi connectivity index (χ1) is 12.1. The summed E-state index contributed by atoms with van der Waals surface area (Å²) in [6.07, 6.45) is 1.81. The highest BCUT2D eigenvalue weighted by Crippen LogP contribution is 2.33. The number of benzene rings is 1. The van der Waals surface area contributed by atoms with E-state index in [0.717, 1.165) is 5.56 Å². The van der Waals surface area contributed by atoms with E-state index in [1.54, 1.807) is 11.1 Å². The number of rotatable bonds is 5. The molecule has 0 saturated carbocycles. The van der Waals surface area contributed by atoms with Gasteiger partial charge >= 0.3 is 0 Å². The van der Waals surface area contributed by atoms with E-state index in [1.807, 2.05) is 50.2 Å². The number of carbonyl (C=O) groups is 2. The monoisotopic (exact) mass is 339 g/mol. The van der Waals surface area contributed by atoms with E-state index >= 15 is 0 Å². The highest BCUT2D eigenvalue weighted by atomic mass is 16.5. The fourth-order valence-electron chi connectivity index (χ4n) is 2.91. The van der Waals surface area contributed by atoms with Crippen molar-refractivity contribution >= 4 is 23.3 Å². The molecule has 0 spiro atoms. The Labute approximate surface area is 146 Å². The average molecular weight is 339 g/mol. The Bertz CT molecular complexity index is 791. The van der Waals surface area contributed by atoms with Gasteiger partial charge in [0.25, 0.3) is 0 Å². The Morgan fingerprint density at radius 2 is 2.12 bits per heavy atom. The van der Waals surface area contributed by atoms with E-state index in [2.05, 4.69) is 10.3 Å². The van der Waals surface area contributed by atoms with Gasteiger partial charge in [-0.1, -0.05) is 18.2 Å². The first-order valence-corrected chi connectivity index (χ1v) is 8.34. The number of nitrogens with one attached hydrogen (secondary N) is 1. The highest BCUT2D eigenvalue weighted by molar-refractivity contribution is 6.04. The van der Waals surface area contributed by atoms with Gasteiger partial charge in [0.15, 0.2) is 0 Å². The van der Waals surface area contributed by atoms with Gasteiger partial charge in [-0.25, -0.2) is 4.98 Å². The summed E-state index contributed by atoms with van der Waals surface area (Å²) in [6.45, 7) is 4.63. The molecule has 1 saturated heterocycles. The van der Waals surface area contributed by atoms with Gasteiger partial charge in [0.2, 0.25) is 11.8 Å². The van der Waals surface area contributed by atoms with Crippen molar-refractivity contribution in [1.82, 2.24) is 4.98 Å². The molecular weight excluding hydrogens is 318 g/mol. The Hall–Kier alpha value is -2.89. The molecule has 1 aliphatic heterocycles. The van der Waals surface area contributed by atoms with Gasteiger partial charge in [-0.05, 0) is 37.6 Å². The number of hydrogen-bond acceptors (Lipinski definition) is 4. The van der Waals surface area contributed by atoms with Crippen LogP contribution in [0.2, 0.25) is 0 Å². The van der Waals surface area contributed by atoms with Crippen LogP contribution in [0.4, 0.5) is 11.5 Å². The third-order valence-corrected chi connectivity index (χ3v) is 4.20. The largest absolute Gasteiger partial charge is 0.492 e. The van der Waals surface area contributed by atoms with E-state index in [1.165, 1.54) is 0 Å². The van der Waals surface area contributed by atoms with Crippen molar-refractivity contribution in [1.29, 1.82) is 0 Å². The van der Waals surface area contributed by atoms with E-state index in [0.29, 0.717) is 30.4 Å². The maximum absolute atomic E-state index is 12.5. The van der Waals surface area contributed by atoms with Gasteiger partial charge < -0.3 is 15.0 Å². The fourth-order valence-corrected chi connectivity index (χ4v) is 2.91. The second-order valence-electron chi connectivity index (χ2n) is 5.96. The third-order valence-electron chi connectivity index (χ3n) is 4.20. The van der Waals surface area contributed by atoms with Crippen LogP contribution in [-0.4, -0.2) is 29.9 Å². The number of amides is 2. The summed E-state index contributed by atoms with van der Waals surface area (Å²) in [5.41, 5.74) is 1.59. The third kappa shape index (κ3) is 3.63. The summed E-state index contributed by atoms with van der Waals surface area (Å²) in [5, 5.41) is 2.82. The number of anilines is 2. The minimum atomic E-state index is -0.413. The lowest BCUT2D eigenvalue weighted by atomic mass is 10.1. The van der Waals surface area contributed by atoms with Crippen LogP contribution >= 0.6 is 0 Å². The minimum absolute atomic E-state index is 0.0787. The summed E-state index contributed by atoms with van der Waals surface area (Å²) in [6, 6.07) is 11.1. The Morgan fingerprint density at radius 1 is 1.32 bits per heavy atom. The molecule has 6 heteroatoms. The molecule has 1 aliphatic rings. The summed E-state index contributed by atoms with van der Waals surface area (Å²) in [7, 11) is 0. The lowest BCUT2D eigenvalue weighted by Gasteiger charge is -2.20. The zero-order valence-electron chi connectivity index (χ0n) is 14.4. The smallest absolute Gasteiger partial charge is 0.230 e. The van der Waals surface area contributed by atoms with Crippen LogP contribution in [-0.2, 0) is 9.59 Å². The van der Waals surface area contributed by atoms with Gasteiger partial charge in [-0.3, -0.25) is 9.59 Å². The van der Waals surface area contributed by atoms with Crippen molar-refractivity contribution in [3.8, 4) is 5.75 Å². The topological polar surface area (TPSA) is 71.5 Å². The van der Waals surface area contributed by atoms with E-state index in [4.69, 9.17) is 4.74 Å². The summed E-state index contributed by atoms with van der Waals surface area (Å²) < 4.78 is 5.60. The van der Waals surface area contributed by atoms with Crippen molar-refractivity contribution in [2.75, 3.05) is 23.4 Å². The van der Waals surface area contributed by atoms with Gasteiger partial charge in [0, 0.05) is 19.2 Å². The number of aryl methyl sites for hydroxylation is 1. The first kappa shape index (κ1) is 17.0. The zero-order valence-corrected chi connectivity index (χ0v) is 14.4. The molecule has 2 aromatic rings. The van der Waals surface area contributed by atoms with Crippen LogP contribution in [0.15, 0.2) is 42.6 Å². The zero-order chi connectivity index (χ0) is 17.8. The normalized spacial score (nSPS) is 16.8. The minimum Gasteiger partial charge on any atom is -0.492 e. The van der Waals surface area contributed by atoms with Crippen molar-refractivity contribution in [3.05, 3.63) is 48.2 Å². The Balaban J connectivity index is 1.74. The van der Waals surface area contributed by atoms with Crippen LogP contribution < -0.4 is 15.0 Å².